The molecule has 1 unspecified atom stereocenters. The first kappa shape index (κ1) is 16.1. The molecule has 0 bridgehead atoms. The van der Waals surface area contributed by atoms with Gasteiger partial charge in [0, 0.05) is 24.8 Å². The van der Waals surface area contributed by atoms with Crippen molar-refractivity contribution in [2.45, 2.75) is 25.4 Å². The third-order valence-electron chi connectivity index (χ3n) is 4.07. The molecule has 1 saturated heterocycles. The average molecular weight is 333 g/mol. The van der Waals surface area contributed by atoms with E-state index in [4.69, 9.17) is 4.74 Å². The first-order chi connectivity index (χ1) is 11.6. The third-order valence-corrected chi connectivity index (χ3v) is 4.07. The topological polar surface area (TPSA) is 91.4 Å². The molecule has 24 heavy (non-hydrogen) atoms. The minimum absolute atomic E-state index is 0.0433. The van der Waals surface area contributed by atoms with Gasteiger partial charge in [0.2, 0.25) is 0 Å². The molecule has 2 N–H and O–H groups in total. The number of carbonyl (C=O) groups excluding carboxylic acids is 1. The molecule has 0 spiro atoms. The highest BCUT2D eigenvalue weighted by atomic mass is 16.5. The van der Waals surface area contributed by atoms with Crippen LogP contribution in [0.4, 0.5) is 5.69 Å². The molecule has 128 valence electrons. The lowest BCUT2D eigenvalue weighted by atomic mass is 10.1. The number of nitrogens with zero attached hydrogens (tertiary/aromatic N) is 2. The van der Waals surface area contributed by atoms with E-state index in [1.165, 1.54) is 10.9 Å². The number of nitrogens with one attached hydrogen (secondary N) is 2. The van der Waals surface area contributed by atoms with Crippen molar-refractivity contribution in [1.82, 2.24) is 10.2 Å². The number of anilines is 1. The van der Waals surface area contributed by atoms with Gasteiger partial charge >= 0.3 is 5.63 Å². The van der Waals surface area contributed by atoms with Crippen molar-refractivity contribution in [2.24, 2.45) is 0 Å². The number of aromatic amines is 1. The molecule has 3 rings (SSSR count). The van der Waals surface area contributed by atoms with Crippen LogP contribution in [-0.4, -0.2) is 42.3 Å². The van der Waals surface area contributed by atoms with Gasteiger partial charge in [0.15, 0.2) is 0 Å². The van der Waals surface area contributed by atoms with Crippen LogP contribution in [0.15, 0.2) is 39.8 Å². The molecule has 1 aliphatic heterocycles. The van der Waals surface area contributed by atoms with Crippen molar-refractivity contribution in [2.75, 3.05) is 25.5 Å². The lowest BCUT2D eigenvalue weighted by molar-refractivity contribution is -0.751. The predicted molar refractivity (Wildman–Crippen MR) is 85.7 cm³/mol. The molecule has 2 heterocycles. The molecule has 1 atom stereocenters. The first-order valence-corrected chi connectivity index (χ1v) is 7.90. The van der Waals surface area contributed by atoms with Gasteiger partial charge in [0.05, 0.1) is 7.11 Å². The molecule has 1 fully saturated rings. The highest BCUT2D eigenvalue weighted by Crippen LogP contribution is 2.19. The normalized spacial score (nSPS) is 17.5. The summed E-state index contributed by atoms with van der Waals surface area (Å²) >= 11 is 0. The number of piperidine rings is 1. The van der Waals surface area contributed by atoms with Gasteiger partial charge in [-0.05, 0) is 42.4 Å². The fourth-order valence-electron chi connectivity index (χ4n) is 2.85. The zero-order valence-corrected chi connectivity index (χ0v) is 13.5. The summed E-state index contributed by atoms with van der Waals surface area (Å²) in [4.78, 5) is 25.2. The monoisotopic (exact) mass is 333 g/mol. The number of H-pyrrole nitrogens is 1. The van der Waals surface area contributed by atoms with E-state index in [1.807, 2.05) is 29.2 Å². The summed E-state index contributed by atoms with van der Waals surface area (Å²) in [6, 6.07) is 7.93. The Kier molecular flexibility index (Phi) is 4.83. The van der Waals surface area contributed by atoms with Crippen LogP contribution in [0.3, 0.4) is 0 Å². The Morgan fingerprint density at radius 1 is 1.46 bits per heavy atom. The van der Waals surface area contributed by atoms with E-state index in [9.17, 15) is 9.59 Å². The summed E-state index contributed by atoms with van der Waals surface area (Å²) in [6.07, 6.45) is 3.17. The van der Waals surface area contributed by atoms with Gasteiger partial charge in [0.1, 0.15) is 5.75 Å². The number of amides is 1. The fraction of sp³-hybridized carbons (Fsp3) is 0.438. The van der Waals surface area contributed by atoms with Gasteiger partial charge in [0.25, 0.3) is 18.6 Å². The van der Waals surface area contributed by atoms with Gasteiger partial charge in [-0.15, -0.1) is 0 Å². The summed E-state index contributed by atoms with van der Waals surface area (Å²) in [5.74, 6) is 0.769. The van der Waals surface area contributed by atoms with E-state index in [0.717, 1.165) is 30.8 Å². The standard InChI is InChI=1S/C16H20N4O4/c1-23-14-6-4-12(5-7-14)17-13-3-2-8-19(9-13)15(21)10-20-11-16(22)24-18-20/h4-7,11,13,17H,2-3,8-10H2,1H3/p+1. The lowest BCUT2D eigenvalue weighted by Crippen LogP contribution is -2.51. The lowest BCUT2D eigenvalue weighted by Gasteiger charge is -2.33. The second kappa shape index (κ2) is 7.20. The molecular weight excluding hydrogens is 312 g/mol. The maximum absolute atomic E-state index is 12.4. The minimum Gasteiger partial charge on any atom is -0.497 e. The molecule has 2 aromatic rings. The van der Waals surface area contributed by atoms with E-state index in [1.54, 1.807) is 7.11 Å². The maximum Gasteiger partial charge on any atom is 0.426 e. The largest absolute Gasteiger partial charge is 0.497 e. The molecule has 0 aliphatic carbocycles. The predicted octanol–water partition coefficient (Wildman–Crippen LogP) is 0.367. The molecule has 1 amide bonds. The Labute approximate surface area is 139 Å². The van der Waals surface area contributed by atoms with Crippen LogP contribution in [0.2, 0.25) is 0 Å². The Morgan fingerprint density at radius 2 is 2.25 bits per heavy atom. The zero-order valence-electron chi connectivity index (χ0n) is 13.5. The van der Waals surface area contributed by atoms with Crippen LogP contribution in [0.5, 0.6) is 5.75 Å². The molecule has 0 saturated carbocycles. The number of carbonyl (C=O) groups is 1. The van der Waals surface area contributed by atoms with Gasteiger partial charge < -0.3 is 15.0 Å². The number of likely N-dealkylation sites (tertiary alicyclic amines) is 1. The fourth-order valence-corrected chi connectivity index (χ4v) is 2.85. The van der Waals surface area contributed by atoms with E-state index in [0.29, 0.717) is 6.54 Å². The van der Waals surface area contributed by atoms with Crippen molar-refractivity contribution in [1.29, 1.82) is 0 Å². The summed E-state index contributed by atoms with van der Waals surface area (Å²) in [5.41, 5.74) is 0.504. The van der Waals surface area contributed by atoms with E-state index >= 15 is 0 Å². The number of ether oxygens (including phenoxy) is 1. The average Bonchev–Trinajstić information content (AvgIpc) is 3.00. The Bertz CT molecular complexity index is 737. The van der Waals surface area contributed by atoms with E-state index < -0.39 is 5.63 Å². The van der Waals surface area contributed by atoms with Crippen LogP contribution in [-0.2, 0) is 11.3 Å². The van der Waals surface area contributed by atoms with Crippen molar-refractivity contribution >= 4 is 11.6 Å². The van der Waals surface area contributed by atoms with Crippen LogP contribution >= 0.6 is 0 Å². The quantitative estimate of drug-likeness (QED) is 0.771. The number of hydrogen-bond acceptors (Lipinski definition) is 5. The van der Waals surface area contributed by atoms with Crippen molar-refractivity contribution in [3.8, 4) is 5.75 Å². The Morgan fingerprint density at radius 3 is 2.92 bits per heavy atom. The van der Waals surface area contributed by atoms with E-state index in [-0.39, 0.29) is 18.5 Å². The molecule has 1 aromatic carbocycles. The first-order valence-electron chi connectivity index (χ1n) is 7.90. The maximum atomic E-state index is 12.4. The highest BCUT2D eigenvalue weighted by molar-refractivity contribution is 5.74. The summed E-state index contributed by atoms with van der Waals surface area (Å²) in [7, 11) is 1.64. The van der Waals surface area contributed by atoms with Crippen LogP contribution < -0.4 is 20.4 Å². The van der Waals surface area contributed by atoms with E-state index in [2.05, 4.69) is 15.1 Å². The van der Waals surface area contributed by atoms with Gasteiger partial charge in [-0.3, -0.25) is 9.32 Å². The third kappa shape index (κ3) is 3.95. The molecule has 8 nitrogen and oxygen atoms in total. The Hall–Kier alpha value is -2.77. The van der Waals surface area contributed by atoms with Crippen LogP contribution in [0, 0.1) is 0 Å². The number of rotatable bonds is 5. The SMILES string of the molecule is COc1ccc(NC2CCCN(C(=O)C[n+]3cc(=O)o[nH]3)C2)cc1. The van der Waals surface area contributed by atoms with Gasteiger partial charge in [-0.1, -0.05) is 4.68 Å². The van der Waals surface area contributed by atoms with Crippen LogP contribution in [0.1, 0.15) is 12.8 Å². The zero-order chi connectivity index (χ0) is 16.9. The molecule has 0 radical (unpaired) electrons. The highest BCUT2D eigenvalue weighted by Gasteiger charge is 2.26. The number of aromatic nitrogens is 2. The Balaban J connectivity index is 1.56. The molecule has 1 aromatic heterocycles. The summed E-state index contributed by atoms with van der Waals surface area (Å²) in [5, 5.41) is 5.84. The van der Waals surface area contributed by atoms with Gasteiger partial charge in [-0.25, -0.2) is 4.79 Å². The van der Waals surface area contributed by atoms with Gasteiger partial charge in [-0.2, -0.15) is 0 Å². The van der Waals surface area contributed by atoms with Crippen molar-refractivity contribution in [3.05, 3.63) is 40.9 Å². The summed E-state index contributed by atoms with van der Waals surface area (Å²) < 4.78 is 11.1. The summed E-state index contributed by atoms with van der Waals surface area (Å²) in [6.45, 7) is 1.43. The van der Waals surface area contributed by atoms with Crippen molar-refractivity contribution < 1.29 is 18.7 Å². The number of hydrogen-bond donors (Lipinski definition) is 2. The second-order valence-corrected chi connectivity index (χ2v) is 5.82. The number of benzene rings is 1. The minimum atomic E-state index is -0.500. The van der Waals surface area contributed by atoms with Crippen LogP contribution in [0.25, 0.3) is 0 Å². The smallest absolute Gasteiger partial charge is 0.426 e. The molecule has 1 aliphatic rings. The second-order valence-electron chi connectivity index (χ2n) is 5.82. The molecular formula is C16H21N4O4+. The molecule has 8 heteroatoms. The number of methoxy groups -OCH3 is 1. The van der Waals surface area contributed by atoms with Crippen molar-refractivity contribution in [3.63, 3.8) is 0 Å².